The van der Waals surface area contributed by atoms with E-state index in [4.69, 9.17) is 4.74 Å². The molecule has 0 aromatic carbocycles. The lowest BCUT2D eigenvalue weighted by Crippen LogP contribution is -2.18. The number of carbonyl (C=O) groups excluding carboxylic acids is 1. The molecule has 2 heterocycles. The minimum Gasteiger partial charge on any atom is -0.465 e. The molecule has 0 saturated carbocycles. The quantitative estimate of drug-likeness (QED) is 0.806. The monoisotopic (exact) mass is 324 g/mol. The van der Waals surface area contributed by atoms with Crippen molar-refractivity contribution in [2.24, 2.45) is 0 Å². The molecule has 0 spiro atoms. The van der Waals surface area contributed by atoms with Crippen molar-refractivity contribution >= 4 is 5.97 Å². The zero-order valence-corrected chi connectivity index (χ0v) is 13.4. The number of aromatic nitrogens is 2. The molecule has 122 valence electrons. The number of halogens is 1. The van der Waals surface area contributed by atoms with Gasteiger partial charge < -0.3 is 4.74 Å². The van der Waals surface area contributed by atoms with E-state index in [9.17, 15) is 9.18 Å². The highest BCUT2D eigenvalue weighted by molar-refractivity contribution is 5.92. The van der Waals surface area contributed by atoms with E-state index in [1.54, 1.807) is 42.9 Å². The van der Waals surface area contributed by atoms with Crippen LogP contribution in [0.15, 0.2) is 55.0 Å². The van der Waals surface area contributed by atoms with Crippen LogP contribution in [0.3, 0.4) is 0 Å². The van der Waals surface area contributed by atoms with Gasteiger partial charge in [0.15, 0.2) is 0 Å². The van der Waals surface area contributed by atoms with Gasteiger partial charge in [-0.25, -0.2) is 9.18 Å². The summed E-state index contributed by atoms with van der Waals surface area (Å²) in [6.45, 7) is 1.94. The van der Waals surface area contributed by atoms with Gasteiger partial charge in [0.2, 0.25) is 0 Å². The summed E-state index contributed by atoms with van der Waals surface area (Å²) in [6.07, 6.45) is 10.4. The smallest absolute Gasteiger partial charge is 0.339 e. The first-order valence-electron chi connectivity index (χ1n) is 7.59. The molecular weight excluding hydrogens is 307 g/mol. The molecule has 2 aromatic rings. The Bertz CT molecular complexity index is 830. The second kappa shape index (κ2) is 6.74. The molecule has 4 nitrogen and oxygen atoms in total. The van der Waals surface area contributed by atoms with Gasteiger partial charge in [0, 0.05) is 29.7 Å². The number of hydrogen-bond acceptors (Lipinski definition) is 4. The van der Waals surface area contributed by atoms with Crippen molar-refractivity contribution < 1.29 is 13.9 Å². The summed E-state index contributed by atoms with van der Waals surface area (Å²) in [7, 11) is 1.30. The van der Waals surface area contributed by atoms with Gasteiger partial charge in [-0.3, -0.25) is 9.97 Å². The van der Waals surface area contributed by atoms with Gasteiger partial charge in [0.05, 0.1) is 24.3 Å². The van der Waals surface area contributed by atoms with Crippen LogP contribution in [0.25, 0.3) is 11.1 Å². The highest BCUT2D eigenvalue weighted by Crippen LogP contribution is 2.31. The van der Waals surface area contributed by atoms with Gasteiger partial charge in [-0.2, -0.15) is 0 Å². The molecule has 1 aliphatic rings. The minimum absolute atomic E-state index is 0.268. The predicted octanol–water partition coefficient (Wildman–Crippen LogP) is 3.79. The Morgan fingerprint density at radius 1 is 1.12 bits per heavy atom. The molecule has 2 atom stereocenters. The molecule has 0 radical (unpaired) electrons. The lowest BCUT2D eigenvalue weighted by Gasteiger charge is -2.19. The fraction of sp³-hybridized carbons (Fsp3) is 0.211. The fourth-order valence-corrected chi connectivity index (χ4v) is 2.71. The Morgan fingerprint density at radius 3 is 2.58 bits per heavy atom. The molecule has 2 aromatic heterocycles. The van der Waals surface area contributed by atoms with E-state index in [1.165, 1.54) is 13.2 Å². The minimum atomic E-state index is -1.22. The highest BCUT2D eigenvalue weighted by atomic mass is 19.1. The molecule has 5 heteroatoms. The van der Waals surface area contributed by atoms with Crippen molar-refractivity contribution in [2.45, 2.75) is 19.0 Å². The van der Waals surface area contributed by atoms with Gasteiger partial charge in [-0.15, -0.1) is 0 Å². The Labute approximate surface area is 139 Å². The van der Waals surface area contributed by atoms with E-state index in [-0.39, 0.29) is 5.56 Å². The third-order valence-electron chi connectivity index (χ3n) is 3.92. The summed E-state index contributed by atoms with van der Waals surface area (Å²) >= 11 is 0. The predicted molar refractivity (Wildman–Crippen MR) is 89.5 cm³/mol. The first-order chi connectivity index (χ1) is 11.6. The second-order valence-corrected chi connectivity index (χ2v) is 5.64. The number of ether oxygens (including phenoxy) is 1. The summed E-state index contributed by atoms with van der Waals surface area (Å²) < 4.78 is 19.1. The Balaban J connectivity index is 2.09. The van der Waals surface area contributed by atoms with Crippen LogP contribution >= 0.6 is 0 Å². The van der Waals surface area contributed by atoms with Crippen LogP contribution in [0.4, 0.5) is 4.39 Å². The van der Waals surface area contributed by atoms with Crippen molar-refractivity contribution in [2.75, 3.05) is 7.11 Å². The number of aryl methyl sites for hydroxylation is 1. The maximum absolute atomic E-state index is 14.2. The Hall–Kier alpha value is -2.82. The van der Waals surface area contributed by atoms with Crippen LogP contribution in [-0.2, 0) is 4.74 Å². The van der Waals surface area contributed by atoms with Gasteiger partial charge in [0.1, 0.15) is 6.17 Å². The van der Waals surface area contributed by atoms with E-state index in [0.717, 1.165) is 16.7 Å². The fourth-order valence-electron chi connectivity index (χ4n) is 2.71. The number of allylic oxidation sites excluding steroid dienone is 4. The summed E-state index contributed by atoms with van der Waals surface area (Å²) in [6, 6.07) is 3.63. The van der Waals surface area contributed by atoms with Crippen LogP contribution in [0.1, 0.15) is 27.5 Å². The maximum atomic E-state index is 14.2. The van der Waals surface area contributed by atoms with Crippen molar-refractivity contribution in [3.05, 3.63) is 71.8 Å². The molecule has 0 N–H and O–H groups in total. The molecule has 3 rings (SSSR count). The molecule has 2 unspecified atom stereocenters. The normalized spacial score (nSPS) is 19.3. The van der Waals surface area contributed by atoms with E-state index in [1.807, 2.05) is 13.0 Å². The van der Waals surface area contributed by atoms with E-state index >= 15 is 0 Å². The summed E-state index contributed by atoms with van der Waals surface area (Å²) in [5, 5.41) is 0. The van der Waals surface area contributed by atoms with Crippen LogP contribution in [-0.4, -0.2) is 29.2 Å². The zero-order chi connectivity index (χ0) is 17.1. The number of alkyl halides is 1. The molecule has 0 aliphatic heterocycles. The number of nitrogens with zero attached hydrogens (tertiary/aromatic N) is 2. The average molecular weight is 324 g/mol. The van der Waals surface area contributed by atoms with Crippen LogP contribution in [0.5, 0.6) is 0 Å². The maximum Gasteiger partial charge on any atom is 0.339 e. The SMILES string of the molecule is COC(=O)c1cc(-c2cncc(C)c2)cnc1C1C=CC=CC1F. The van der Waals surface area contributed by atoms with Crippen LogP contribution < -0.4 is 0 Å². The number of pyridine rings is 2. The molecular formula is C19H17FN2O2. The molecule has 0 bridgehead atoms. The Morgan fingerprint density at radius 2 is 1.88 bits per heavy atom. The number of rotatable bonds is 3. The molecule has 0 amide bonds. The first-order valence-corrected chi connectivity index (χ1v) is 7.59. The summed E-state index contributed by atoms with van der Waals surface area (Å²) in [4.78, 5) is 20.7. The third kappa shape index (κ3) is 3.11. The lowest BCUT2D eigenvalue weighted by molar-refractivity contribution is 0.0598. The van der Waals surface area contributed by atoms with E-state index < -0.39 is 18.1 Å². The van der Waals surface area contributed by atoms with Crippen molar-refractivity contribution in [1.82, 2.24) is 9.97 Å². The Kier molecular flexibility index (Phi) is 4.51. The molecule has 24 heavy (non-hydrogen) atoms. The summed E-state index contributed by atoms with van der Waals surface area (Å²) in [5.41, 5.74) is 3.22. The van der Waals surface area contributed by atoms with E-state index in [2.05, 4.69) is 9.97 Å². The topological polar surface area (TPSA) is 52.1 Å². The standard InChI is InChI=1S/C19H17FN2O2/c1-12-7-13(10-21-9-12)14-8-16(19(23)24-2)18(22-11-14)15-5-3-4-6-17(15)20/h3-11,15,17H,1-2H3. The average Bonchev–Trinajstić information content (AvgIpc) is 2.61. The second-order valence-electron chi connectivity index (χ2n) is 5.64. The number of carbonyl (C=O) groups is 1. The third-order valence-corrected chi connectivity index (χ3v) is 3.92. The molecule has 1 aliphatic carbocycles. The van der Waals surface area contributed by atoms with Gasteiger partial charge in [-0.1, -0.05) is 18.2 Å². The van der Waals surface area contributed by atoms with Crippen molar-refractivity contribution in [3.63, 3.8) is 0 Å². The number of methoxy groups -OCH3 is 1. The first kappa shape index (κ1) is 16.1. The van der Waals surface area contributed by atoms with Crippen LogP contribution in [0.2, 0.25) is 0 Å². The molecule has 0 fully saturated rings. The van der Waals surface area contributed by atoms with Gasteiger partial charge in [-0.05, 0) is 30.7 Å². The van der Waals surface area contributed by atoms with Crippen molar-refractivity contribution in [1.29, 1.82) is 0 Å². The van der Waals surface area contributed by atoms with Crippen LogP contribution in [0, 0.1) is 6.92 Å². The lowest BCUT2D eigenvalue weighted by atomic mass is 9.91. The number of esters is 1. The van der Waals surface area contributed by atoms with Crippen molar-refractivity contribution in [3.8, 4) is 11.1 Å². The molecule has 0 saturated heterocycles. The number of hydrogen-bond donors (Lipinski definition) is 0. The zero-order valence-electron chi connectivity index (χ0n) is 13.4. The van der Waals surface area contributed by atoms with Gasteiger partial charge in [0.25, 0.3) is 0 Å². The largest absolute Gasteiger partial charge is 0.465 e. The highest BCUT2D eigenvalue weighted by Gasteiger charge is 2.27. The summed E-state index contributed by atoms with van der Waals surface area (Å²) in [5.74, 6) is -1.14. The van der Waals surface area contributed by atoms with Gasteiger partial charge >= 0.3 is 5.97 Å². The van der Waals surface area contributed by atoms with E-state index in [0.29, 0.717) is 5.69 Å².